The molecule has 0 aromatic heterocycles. The van der Waals surface area contributed by atoms with Crippen LogP contribution in [0.5, 0.6) is 0 Å². The highest BCUT2D eigenvalue weighted by molar-refractivity contribution is 7.86. The van der Waals surface area contributed by atoms with Crippen molar-refractivity contribution in [3.05, 3.63) is 0 Å². The molecule has 0 aliphatic heterocycles. The van der Waals surface area contributed by atoms with Crippen molar-refractivity contribution in [1.29, 1.82) is 0 Å². The first kappa shape index (κ1) is 20.4. The first-order valence-electron chi connectivity index (χ1n) is 8.06. The third-order valence-corrected chi connectivity index (χ3v) is 4.95. The van der Waals surface area contributed by atoms with Gasteiger partial charge >= 0.3 is 5.97 Å². The van der Waals surface area contributed by atoms with E-state index in [2.05, 4.69) is 6.92 Å². The topological polar surface area (TPSA) is 91.7 Å². The molecular formula is C15H30O5S. The molecule has 6 heteroatoms. The molecule has 0 spiro atoms. The summed E-state index contributed by atoms with van der Waals surface area (Å²) in [6.07, 6.45) is 11.0. The minimum atomic E-state index is -4.25. The standard InChI is InChI=1S/C15H30O5S/c1-2-3-4-5-6-7-8-9-10-11-12-14(13-15(16)17)21(18,19)20/h14H,2-13H2,1H3,(H,16,17)(H,18,19,20). The second kappa shape index (κ2) is 12.0. The van der Waals surface area contributed by atoms with Crippen molar-refractivity contribution in [1.82, 2.24) is 0 Å². The second-order valence-electron chi connectivity index (χ2n) is 5.71. The molecule has 0 aliphatic carbocycles. The Morgan fingerprint density at radius 1 is 0.905 bits per heavy atom. The summed E-state index contributed by atoms with van der Waals surface area (Å²) in [7, 11) is -4.25. The van der Waals surface area contributed by atoms with E-state index in [9.17, 15) is 13.2 Å². The van der Waals surface area contributed by atoms with Crippen LogP contribution in [0.1, 0.15) is 84.0 Å². The Hall–Kier alpha value is -0.620. The number of hydrogen-bond donors (Lipinski definition) is 2. The van der Waals surface area contributed by atoms with Crippen molar-refractivity contribution in [3.8, 4) is 0 Å². The lowest BCUT2D eigenvalue weighted by atomic mass is 10.0. The van der Waals surface area contributed by atoms with E-state index in [0.29, 0.717) is 6.42 Å². The van der Waals surface area contributed by atoms with Gasteiger partial charge in [0.25, 0.3) is 10.1 Å². The molecule has 0 aromatic rings. The van der Waals surface area contributed by atoms with Gasteiger partial charge < -0.3 is 5.11 Å². The van der Waals surface area contributed by atoms with Crippen molar-refractivity contribution < 1.29 is 22.9 Å². The third-order valence-electron chi connectivity index (χ3n) is 3.70. The largest absolute Gasteiger partial charge is 0.481 e. The SMILES string of the molecule is CCCCCCCCCCCCC(CC(=O)O)S(=O)(=O)O. The zero-order chi connectivity index (χ0) is 16.1. The zero-order valence-electron chi connectivity index (χ0n) is 13.1. The predicted molar refractivity (Wildman–Crippen MR) is 84.1 cm³/mol. The Labute approximate surface area is 128 Å². The summed E-state index contributed by atoms with van der Waals surface area (Å²) in [6.45, 7) is 2.20. The highest BCUT2D eigenvalue weighted by atomic mass is 32.2. The van der Waals surface area contributed by atoms with E-state index in [4.69, 9.17) is 9.66 Å². The van der Waals surface area contributed by atoms with Crippen LogP contribution < -0.4 is 0 Å². The van der Waals surface area contributed by atoms with Crippen LogP contribution in [0.3, 0.4) is 0 Å². The molecule has 0 radical (unpaired) electrons. The Morgan fingerprint density at radius 3 is 1.71 bits per heavy atom. The van der Waals surface area contributed by atoms with E-state index in [-0.39, 0.29) is 6.42 Å². The number of aliphatic carboxylic acids is 1. The average Bonchev–Trinajstić information content (AvgIpc) is 2.38. The number of carbonyl (C=O) groups is 1. The Morgan fingerprint density at radius 2 is 1.33 bits per heavy atom. The number of rotatable bonds is 14. The Kier molecular flexibility index (Phi) is 11.6. The van der Waals surface area contributed by atoms with Crippen LogP contribution >= 0.6 is 0 Å². The van der Waals surface area contributed by atoms with Crippen LogP contribution in [0.25, 0.3) is 0 Å². The summed E-state index contributed by atoms with van der Waals surface area (Å²) < 4.78 is 31.1. The maximum absolute atomic E-state index is 11.1. The normalized spacial score (nSPS) is 13.2. The molecule has 0 rings (SSSR count). The number of carboxylic acid groups (broad SMARTS) is 1. The van der Waals surface area contributed by atoms with Crippen LogP contribution in [-0.4, -0.2) is 29.3 Å². The van der Waals surface area contributed by atoms with Gasteiger partial charge in [-0.25, -0.2) is 0 Å². The predicted octanol–water partition coefficient (Wildman–Crippen LogP) is 4.03. The van der Waals surface area contributed by atoms with E-state index >= 15 is 0 Å². The summed E-state index contributed by atoms with van der Waals surface area (Å²) in [6, 6.07) is 0. The maximum atomic E-state index is 11.1. The molecule has 0 bridgehead atoms. The van der Waals surface area contributed by atoms with Crippen molar-refractivity contribution >= 4 is 16.1 Å². The van der Waals surface area contributed by atoms with Crippen LogP contribution in [0.15, 0.2) is 0 Å². The third kappa shape index (κ3) is 12.8. The number of hydrogen-bond acceptors (Lipinski definition) is 3. The van der Waals surface area contributed by atoms with Gasteiger partial charge in [0.15, 0.2) is 0 Å². The molecule has 2 N–H and O–H groups in total. The van der Waals surface area contributed by atoms with Gasteiger partial charge in [-0.05, 0) is 6.42 Å². The molecule has 0 fully saturated rings. The molecule has 5 nitrogen and oxygen atoms in total. The van der Waals surface area contributed by atoms with Gasteiger partial charge in [-0.3, -0.25) is 9.35 Å². The molecular weight excluding hydrogens is 292 g/mol. The monoisotopic (exact) mass is 322 g/mol. The average molecular weight is 322 g/mol. The van der Waals surface area contributed by atoms with Gasteiger partial charge in [-0.15, -0.1) is 0 Å². The quantitative estimate of drug-likeness (QED) is 0.372. The van der Waals surface area contributed by atoms with Gasteiger partial charge in [-0.1, -0.05) is 71.1 Å². The second-order valence-corrected chi connectivity index (χ2v) is 7.40. The summed E-state index contributed by atoms with van der Waals surface area (Å²) in [5.41, 5.74) is 0. The summed E-state index contributed by atoms with van der Waals surface area (Å²) in [5.74, 6) is -1.19. The molecule has 21 heavy (non-hydrogen) atoms. The molecule has 0 amide bonds. The van der Waals surface area contributed by atoms with Gasteiger partial charge in [-0.2, -0.15) is 8.42 Å². The van der Waals surface area contributed by atoms with Gasteiger partial charge in [0, 0.05) is 0 Å². The maximum Gasteiger partial charge on any atom is 0.304 e. The molecule has 126 valence electrons. The number of unbranched alkanes of at least 4 members (excludes halogenated alkanes) is 9. The van der Waals surface area contributed by atoms with Gasteiger partial charge in [0.2, 0.25) is 0 Å². The fourth-order valence-electron chi connectivity index (χ4n) is 2.41. The molecule has 1 atom stereocenters. The Balaban J connectivity index is 3.61. The summed E-state index contributed by atoms with van der Waals surface area (Å²) in [4.78, 5) is 10.6. The molecule has 0 heterocycles. The lowest BCUT2D eigenvalue weighted by molar-refractivity contribution is -0.137. The first-order valence-corrected chi connectivity index (χ1v) is 9.56. The van der Waals surface area contributed by atoms with Crippen molar-refractivity contribution in [2.45, 2.75) is 89.2 Å². The van der Waals surface area contributed by atoms with E-state index in [1.54, 1.807) is 0 Å². The van der Waals surface area contributed by atoms with Crippen molar-refractivity contribution in [3.63, 3.8) is 0 Å². The zero-order valence-corrected chi connectivity index (χ0v) is 13.9. The molecule has 0 saturated carbocycles. The van der Waals surface area contributed by atoms with Crippen LogP contribution in [0.4, 0.5) is 0 Å². The lowest BCUT2D eigenvalue weighted by Crippen LogP contribution is -2.23. The fourth-order valence-corrected chi connectivity index (χ4v) is 3.23. The van der Waals surface area contributed by atoms with Crippen LogP contribution in [0.2, 0.25) is 0 Å². The fraction of sp³-hybridized carbons (Fsp3) is 0.933. The van der Waals surface area contributed by atoms with Gasteiger partial charge in [0.1, 0.15) is 0 Å². The van der Waals surface area contributed by atoms with Crippen LogP contribution in [0, 0.1) is 0 Å². The molecule has 0 aliphatic rings. The lowest BCUT2D eigenvalue weighted by Gasteiger charge is -2.11. The van der Waals surface area contributed by atoms with Crippen LogP contribution in [-0.2, 0) is 14.9 Å². The van der Waals surface area contributed by atoms with E-state index in [0.717, 1.165) is 19.3 Å². The highest BCUT2D eigenvalue weighted by Crippen LogP contribution is 2.16. The Bertz CT molecular complexity index is 364. The minimum absolute atomic E-state index is 0.224. The molecule has 1 unspecified atom stereocenters. The van der Waals surface area contributed by atoms with E-state index < -0.39 is 27.8 Å². The molecule has 0 aromatic carbocycles. The van der Waals surface area contributed by atoms with E-state index in [1.165, 1.54) is 38.5 Å². The van der Waals surface area contributed by atoms with Crippen molar-refractivity contribution in [2.75, 3.05) is 0 Å². The number of carboxylic acids is 1. The minimum Gasteiger partial charge on any atom is -0.481 e. The summed E-state index contributed by atoms with van der Waals surface area (Å²) >= 11 is 0. The van der Waals surface area contributed by atoms with Crippen molar-refractivity contribution in [2.24, 2.45) is 0 Å². The van der Waals surface area contributed by atoms with Gasteiger partial charge in [0.05, 0.1) is 11.7 Å². The highest BCUT2D eigenvalue weighted by Gasteiger charge is 2.25. The smallest absolute Gasteiger partial charge is 0.304 e. The first-order chi connectivity index (χ1) is 9.88. The summed E-state index contributed by atoms with van der Waals surface area (Å²) in [5, 5.41) is 7.47. The molecule has 0 saturated heterocycles. The van der Waals surface area contributed by atoms with E-state index in [1.807, 2.05) is 0 Å².